The molecule has 0 N–H and O–H groups in total. The third-order valence-corrected chi connectivity index (χ3v) is 4.76. The lowest BCUT2D eigenvalue weighted by atomic mass is 10.3. The molecule has 0 amide bonds. The van der Waals surface area contributed by atoms with Crippen LogP contribution in [0.25, 0.3) is 0 Å². The van der Waals surface area contributed by atoms with Gasteiger partial charge in [-0.15, -0.1) is 6.58 Å². The molecule has 82 valence electrons. The minimum Gasteiger partial charge on any atom is -0.212 e. The van der Waals surface area contributed by atoms with Crippen LogP contribution in [-0.4, -0.2) is 31.1 Å². The topological polar surface area (TPSA) is 37.4 Å². The summed E-state index contributed by atoms with van der Waals surface area (Å²) < 4.78 is 25.3. The first kappa shape index (κ1) is 11.7. The Kier molecular flexibility index (Phi) is 4.13. The van der Waals surface area contributed by atoms with E-state index >= 15 is 0 Å². The molecule has 0 atom stereocenters. The summed E-state index contributed by atoms with van der Waals surface area (Å²) in [6, 6.07) is 0. The lowest BCUT2D eigenvalue weighted by Gasteiger charge is -2.19. The maximum absolute atomic E-state index is 11.9. The summed E-state index contributed by atoms with van der Waals surface area (Å²) in [5.41, 5.74) is 0. The minimum absolute atomic E-state index is 0.0979. The lowest BCUT2D eigenvalue weighted by molar-refractivity contribution is 0.432. The van der Waals surface area contributed by atoms with E-state index in [2.05, 4.69) is 13.5 Å². The van der Waals surface area contributed by atoms with E-state index in [0.717, 1.165) is 25.7 Å². The SMILES string of the molecule is C=CCN(CCCC)S(=O)(=O)C1CC1. The standard InChI is InChI=1S/C10H19NO2S/c1-3-5-9-11(8-4-2)14(12,13)10-6-7-10/h4,10H,2-3,5-9H2,1H3. The summed E-state index contributed by atoms with van der Waals surface area (Å²) in [5.74, 6) is 0. The van der Waals surface area contributed by atoms with Gasteiger partial charge in [-0.1, -0.05) is 19.4 Å². The molecule has 1 rings (SSSR count). The van der Waals surface area contributed by atoms with Crippen molar-refractivity contribution in [3.63, 3.8) is 0 Å². The third-order valence-electron chi connectivity index (χ3n) is 2.40. The fraction of sp³-hybridized carbons (Fsp3) is 0.800. The molecule has 0 spiro atoms. The quantitative estimate of drug-likeness (QED) is 0.609. The Morgan fingerprint density at radius 2 is 2.14 bits per heavy atom. The first-order valence-electron chi connectivity index (χ1n) is 5.22. The molecule has 4 heteroatoms. The molecule has 0 aromatic rings. The Bertz CT molecular complexity index is 280. The van der Waals surface area contributed by atoms with E-state index in [9.17, 15) is 8.42 Å². The molecular weight excluding hydrogens is 198 g/mol. The van der Waals surface area contributed by atoms with Gasteiger partial charge in [0.1, 0.15) is 0 Å². The number of hydrogen-bond acceptors (Lipinski definition) is 2. The van der Waals surface area contributed by atoms with Crippen molar-refractivity contribution in [2.45, 2.75) is 37.9 Å². The van der Waals surface area contributed by atoms with Gasteiger partial charge in [-0.05, 0) is 19.3 Å². The largest absolute Gasteiger partial charge is 0.217 e. The molecule has 0 aliphatic heterocycles. The van der Waals surface area contributed by atoms with Crippen LogP contribution < -0.4 is 0 Å². The highest BCUT2D eigenvalue weighted by molar-refractivity contribution is 7.90. The average molecular weight is 217 g/mol. The molecule has 0 aromatic carbocycles. The highest BCUT2D eigenvalue weighted by Gasteiger charge is 2.39. The second-order valence-electron chi connectivity index (χ2n) is 3.74. The van der Waals surface area contributed by atoms with Gasteiger partial charge in [0.05, 0.1) is 5.25 Å². The molecule has 1 aliphatic carbocycles. The Hall–Kier alpha value is -0.350. The van der Waals surface area contributed by atoms with Crippen molar-refractivity contribution in [1.82, 2.24) is 4.31 Å². The highest BCUT2D eigenvalue weighted by Crippen LogP contribution is 2.31. The van der Waals surface area contributed by atoms with Gasteiger partial charge in [0.15, 0.2) is 0 Å². The smallest absolute Gasteiger partial charge is 0.212 e. The van der Waals surface area contributed by atoms with E-state index in [1.54, 1.807) is 10.4 Å². The number of nitrogens with zero attached hydrogens (tertiary/aromatic N) is 1. The molecule has 1 saturated carbocycles. The number of hydrogen-bond donors (Lipinski definition) is 0. The zero-order chi connectivity index (χ0) is 10.6. The Morgan fingerprint density at radius 3 is 2.57 bits per heavy atom. The monoisotopic (exact) mass is 217 g/mol. The predicted molar refractivity (Wildman–Crippen MR) is 58.6 cm³/mol. The van der Waals surface area contributed by atoms with Crippen LogP contribution in [0.4, 0.5) is 0 Å². The van der Waals surface area contributed by atoms with Gasteiger partial charge >= 0.3 is 0 Å². The zero-order valence-electron chi connectivity index (χ0n) is 8.78. The molecule has 0 unspecified atom stereocenters. The van der Waals surface area contributed by atoms with Crippen molar-refractivity contribution in [1.29, 1.82) is 0 Å². The summed E-state index contributed by atoms with van der Waals surface area (Å²) in [5, 5.41) is -0.0979. The van der Waals surface area contributed by atoms with Gasteiger partial charge in [0, 0.05) is 13.1 Å². The van der Waals surface area contributed by atoms with E-state index in [4.69, 9.17) is 0 Å². The number of rotatable bonds is 7. The molecule has 1 fully saturated rings. The van der Waals surface area contributed by atoms with Crippen molar-refractivity contribution in [2.75, 3.05) is 13.1 Å². The van der Waals surface area contributed by atoms with Gasteiger partial charge in [0.25, 0.3) is 0 Å². The molecule has 0 bridgehead atoms. The molecule has 1 aliphatic rings. The van der Waals surface area contributed by atoms with E-state index in [0.29, 0.717) is 13.1 Å². The number of unbranched alkanes of at least 4 members (excludes halogenated alkanes) is 1. The molecule has 0 saturated heterocycles. The van der Waals surface area contributed by atoms with Crippen LogP contribution in [0.3, 0.4) is 0 Å². The van der Waals surface area contributed by atoms with Gasteiger partial charge in [-0.25, -0.2) is 8.42 Å². The third kappa shape index (κ3) is 2.82. The molecule has 0 aromatic heterocycles. The fourth-order valence-electron chi connectivity index (χ4n) is 1.38. The zero-order valence-corrected chi connectivity index (χ0v) is 9.59. The van der Waals surface area contributed by atoms with Crippen LogP contribution in [0.2, 0.25) is 0 Å². The van der Waals surface area contributed by atoms with E-state index in [-0.39, 0.29) is 5.25 Å². The second-order valence-corrected chi connectivity index (χ2v) is 5.96. The van der Waals surface area contributed by atoms with Crippen molar-refractivity contribution in [3.05, 3.63) is 12.7 Å². The molecule has 14 heavy (non-hydrogen) atoms. The minimum atomic E-state index is -3.00. The first-order chi connectivity index (χ1) is 6.62. The van der Waals surface area contributed by atoms with Crippen molar-refractivity contribution >= 4 is 10.0 Å². The Labute approximate surface area is 86.8 Å². The van der Waals surface area contributed by atoms with E-state index < -0.39 is 10.0 Å². The van der Waals surface area contributed by atoms with Crippen LogP contribution in [0.15, 0.2) is 12.7 Å². The molecule has 0 heterocycles. The van der Waals surface area contributed by atoms with Crippen molar-refractivity contribution in [3.8, 4) is 0 Å². The maximum atomic E-state index is 11.9. The summed E-state index contributed by atoms with van der Waals surface area (Å²) in [6.45, 7) is 6.76. The van der Waals surface area contributed by atoms with Gasteiger partial charge in [-0.2, -0.15) is 4.31 Å². The van der Waals surface area contributed by atoms with Crippen LogP contribution in [0, 0.1) is 0 Å². The average Bonchev–Trinajstić information content (AvgIpc) is 2.94. The molecular formula is C10H19NO2S. The maximum Gasteiger partial charge on any atom is 0.217 e. The van der Waals surface area contributed by atoms with Crippen LogP contribution in [0.5, 0.6) is 0 Å². The van der Waals surface area contributed by atoms with Gasteiger partial charge in [0.2, 0.25) is 10.0 Å². The summed E-state index contributed by atoms with van der Waals surface area (Å²) in [4.78, 5) is 0. The molecule has 0 radical (unpaired) electrons. The summed E-state index contributed by atoms with van der Waals surface area (Å²) >= 11 is 0. The molecule has 3 nitrogen and oxygen atoms in total. The van der Waals surface area contributed by atoms with Crippen LogP contribution in [-0.2, 0) is 10.0 Å². The summed E-state index contributed by atoms with van der Waals surface area (Å²) in [6.07, 6.45) is 5.29. The Balaban J connectivity index is 2.60. The van der Waals surface area contributed by atoms with Gasteiger partial charge in [-0.3, -0.25) is 0 Å². The van der Waals surface area contributed by atoms with Gasteiger partial charge < -0.3 is 0 Å². The van der Waals surface area contributed by atoms with Crippen LogP contribution in [0.1, 0.15) is 32.6 Å². The normalized spacial score (nSPS) is 17.3. The van der Waals surface area contributed by atoms with Crippen molar-refractivity contribution < 1.29 is 8.42 Å². The summed E-state index contributed by atoms with van der Waals surface area (Å²) in [7, 11) is -3.00. The van der Waals surface area contributed by atoms with E-state index in [1.807, 2.05) is 0 Å². The lowest BCUT2D eigenvalue weighted by Crippen LogP contribution is -2.34. The fourth-order valence-corrected chi connectivity index (χ4v) is 3.23. The number of sulfonamides is 1. The Morgan fingerprint density at radius 1 is 1.50 bits per heavy atom. The first-order valence-corrected chi connectivity index (χ1v) is 6.73. The predicted octanol–water partition coefficient (Wildman–Crippen LogP) is 1.77. The van der Waals surface area contributed by atoms with Crippen LogP contribution >= 0.6 is 0 Å². The highest BCUT2D eigenvalue weighted by atomic mass is 32.2. The van der Waals surface area contributed by atoms with Crippen molar-refractivity contribution in [2.24, 2.45) is 0 Å². The van der Waals surface area contributed by atoms with E-state index in [1.165, 1.54) is 0 Å². The second kappa shape index (κ2) is 4.94.